The minimum atomic E-state index is -5.03. The number of aliphatic hydroxyl groups excluding tert-OH is 1. The fraction of sp³-hybridized carbons (Fsp3) is 0.467. The summed E-state index contributed by atoms with van der Waals surface area (Å²) in [6.07, 6.45) is -6.65. The number of cyclic esters (lactones) is 1. The third kappa shape index (κ3) is 7.77. The first-order chi connectivity index (χ1) is 19.6. The van der Waals surface area contributed by atoms with E-state index in [2.05, 4.69) is 11.5 Å². The van der Waals surface area contributed by atoms with Crippen molar-refractivity contribution in [2.75, 3.05) is 18.0 Å². The number of carbonyl (C=O) groups is 1. The largest absolute Gasteiger partial charge is 0.508 e. The molecule has 2 saturated heterocycles. The number of aliphatic hydroxyl groups is 1. The van der Waals surface area contributed by atoms with Crippen LogP contribution >= 0.6 is 0 Å². The van der Waals surface area contributed by atoms with Gasteiger partial charge in [0.1, 0.15) is 17.7 Å². The Labute approximate surface area is 241 Å². The molecule has 1 amide bonds. The lowest BCUT2D eigenvalue weighted by Crippen LogP contribution is -2.38. The molecule has 0 aliphatic carbocycles. The Hall–Kier alpha value is -3.70. The highest BCUT2D eigenvalue weighted by Crippen LogP contribution is 2.36. The Morgan fingerprint density at radius 3 is 2.40 bits per heavy atom. The number of amides is 1. The lowest BCUT2D eigenvalue weighted by Gasteiger charge is -2.33. The van der Waals surface area contributed by atoms with Crippen molar-refractivity contribution in [3.05, 3.63) is 76.8 Å². The van der Waals surface area contributed by atoms with Gasteiger partial charge in [0, 0.05) is 24.2 Å². The van der Waals surface area contributed by atoms with Gasteiger partial charge in [-0.3, -0.25) is 4.90 Å². The Balaban J connectivity index is 2.03. The number of aromatic nitrogens is 1. The van der Waals surface area contributed by atoms with Crippen LogP contribution in [0.3, 0.4) is 0 Å². The van der Waals surface area contributed by atoms with Crippen LogP contribution in [0.1, 0.15) is 56.9 Å². The Morgan fingerprint density at radius 1 is 1.24 bits per heavy atom. The molecule has 0 spiro atoms. The zero-order chi connectivity index (χ0) is 31.4. The first kappa shape index (κ1) is 32.8. The van der Waals surface area contributed by atoms with Crippen LogP contribution in [0, 0.1) is 6.92 Å². The molecule has 230 valence electrons. The number of allylic oxidation sites excluding steroid dienone is 7. The molecule has 42 heavy (non-hydrogen) atoms. The highest BCUT2D eigenvalue weighted by atomic mass is 19.4. The van der Waals surface area contributed by atoms with E-state index < -0.39 is 42.6 Å². The predicted octanol–water partition coefficient (Wildman–Crippen LogP) is 8.12. The van der Waals surface area contributed by atoms with Crippen LogP contribution in [0.25, 0.3) is 5.57 Å². The van der Waals surface area contributed by atoms with Crippen molar-refractivity contribution in [3.63, 3.8) is 0 Å². The van der Waals surface area contributed by atoms with Crippen LogP contribution in [0.5, 0.6) is 0 Å². The van der Waals surface area contributed by atoms with E-state index in [0.29, 0.717) is 28.7 Å². The number of alkyl halides is 6. The maximum Gasteiger partial charge on any atom is 0.416 e. The average Bonchev–Trinajstić information content (AvgIpc) is 3.11. The molecule has 0 saturated carbocycles. The minimum Gasteiger partial charge on any atom is -0.508 e. The zero-order valence-corrected chi connectivity index (χ0v) is 23.9. The summed E-state index contributed by atoms with van der Waals surface area (Å²) in [4.78, 5) is 21.3. The Morgan fingerprint density at radius 2 is 1.90 bits per heavy atom. The van der Waals surface area contributed by atoms with Crippen molar-refractivity contribution in [2.24, 2.45) is 0 Å². The van der Waals surface area contributed by atoms with Gasteiger partial charge in [-0.2, -0.15) is 26.3 Å². The van der Waals surface area contributed by atoms with Gasteiger partial charge in [0.25, 0.3) is 0 Å². The van der Waals surface area contributed by atoms with Gasteiger partial charge in [0.05, 0.1) is 30.3 Å². The molecule has 2 atom stereocenters. The van der Waals surface area contributed by atoms with Gasteiger partial charge in [-0.05, 0) is 56.9 Å². The van der Waals surface area contributed by atoms with Crippen molar-refractivity contribution in [1.29, 1.82) is 0 Å². The van der Waals surface area contributed by atoms with Gasteiger partial charge in [-0.25, -0.2) is 9.78 Å². The number of anilines is 1. The number of pyridine rings is 1. The zero-order valence-electron chi connectivity index (χ0n) is 23.9. The molecule has 0 unspecified atom stereocenters. The van der Waals surface area contributed by atoms with Gasteiger partial charge in [0.15, 0.2) is 0 Å². The maximum absolute atomic E-state index is 13.6. The molecule has 3 rings (SSSR count). The van der Waals surface area contributed by atoms with E-state index in [1.54, 1.807) is 32.1 Å². The molecule has 1 N–H and O–H groups in total. The fourth-order valence-electron chi connectivity index (χ4n) is 4.85. The summed E-state index contributed by atoms with van der Waals surface area (Å²) in [5.74, 6) is 0.467. The standard InChI is InChI=1S/C30H35F6N3O3/c1-6-8-10-23(20(5)40)26-18(3)15-25(38-13-9-14-38)37-24(26)17-39-19(4)27(42-28(39)41)21(7-2)16-22(30(34,35)36)11-12-29(31,32)33/h6,8,10-11,15-16,19,27,40H,5,7,9,12-14,17H2,1-4H3/b8-6-,21-16+,22-11+,23-10+/t19-,27-/m0/s1. The Bertz CT molecular complexity index is 1310. The summed E-state index contributed by atoms with van der Waals surface area (Å²) >= 11 is 0. The molecular weight excluding hydrogens is 564 g/mol. The summed E-state index contributed by atoms with van der Waals surface area (Å²) in [6, 6.07) is 1.10. The van der Waals surface area contributed by atoms with Crippen molar-refractivity contribution in [1.82, 2.24) is 9.88 Å². The SMILES string of the molecule is C=C(O)/C(=C\C=C/C)c1c(C)cc(N2CCC2)nc1CN1C(=O)O[C@H](/C(=C/C(=C\CC(F)(F)F)C(F)(F)F)CC)[C@@H]1C. The number of hydrogen-bond acceptors (Lipinski definition) is 5. The topological polar surface area (TPSA) is 65.9 Å². The normalized spacial score (nSPS) is 20.8. The monoisotopic (exact) mass is 599 g/mol. The molecule has 12 heteroatoms. The van der Waals surface area contributed by atoms with Crippen molar-refractivity contribution >= 4 is 17.5 Å². The molecule has 0 aromatic carbocycles. The molecule has 3 heterocycles. The quantitative estimate of drug-likeness (QED) is 0.167. The maximum atomic E-state index is 13.6. The van der Waals surface area contributed by atoms with Gasteiger partial charge in [0.2, 0.25) is 0 Å². The highest BCUT2D eigenvalue weighted by molar-refractivity contribution is 5.81. The van der Waals surface area contributed by atoms with Gasteiger partial charge in [-0.15, -0.1) is 0 Å². The molecule has 0 bridgehead atoms. The van der Waals surface area contributed by atoms with E-state index in [4.69, 9.17) is 9.72 Å². The van der Waals surface area contributed by atoms with Crippen LogP contribution in [-0.2, 0) is 11.3 Å². The first-order valence-electron chi connectivity index (χ1n) is 13.6. The summed E-state index contributed by atoms with van der Waals surface area (Å²) in [6.45, 7) is 12.0. The number of hydrogen-bond donors (Lipinski definition) is 1. The smallest absolute Gasteiger partial charge is 0.416 e. The van der Waals surface area contributed by atoms with E-state index in [9.17, 15) is 36.2 Å². The van der Waals surface area contributed by atoms with Gasteiger partial charge in [-0.1, -0.05) is 37.8 Å². The van der Waals surface area contributed by atoms with E-state index >= 15 is 0 Å². The van der Waals surface area contributed by atoms with Crippen LogP contribution in [0.15, 0.2) is 59.9 Å². The Kier molecular flexibility index (Phi) is 10.2. The molecule has 2 aliphatic rings. The van der Waals surface area contributed by atoms with Crippen molar-refractivity contribution in [3.8, 4) is 0 Å². The van der Waals surface area contributed by atoms with E-state index in [1.807, 2.05) is 13.0 Å². The number of carbonyl (C=O) groups excluding carboxylic acids is 1. The second kappa shape index (κ2) is 13.1. The molecule has 2 fully saturated rings. The molecule has 2 aliphatic heterocycles. The van der Waals surface area contributed by atoms with Crippen LogP contribution < -0.4 is 4.90 Å². The van der Waals surface area contributed by atoms with Crippen molar-refractivity contribution in [2.45, 2.75) is 78.0 Å². The summed E-state index contributed by atoms with van der Waals surface area (Å²) < 4.78 is 84.4. The lowest BCUT2D eigenvalue weighted by molar-refractivity contribution is -0.126. The molecule has 0 radical (unpaired) electrons. The van der Waals surface area contributed by atoms with E-state index in [-0.39, 0.29) is 30.4 Å². The van der Waals surface area contributed by atoms with Crippen molar-refractivity contribution < 1.29 is 41.0 Å². The predicted molar refractivity (Wildman–Crippen MR) is 149 cm³/mol. The van der Waals surface area contributed by atoms with E-state index in [1.165, 1.54) is 11.8 Å². The lowest BCUT2D eigenvalue weighted by atomic mass is 9.95. The number of nitrogens with zero attached hydrogens (tertiary/aromatic N) is 3. The third-order valence-electron chi connectivity index (χ3n) is 7.20. The number of aryl methyl sites for hydroxylation is 1. The second-order valence-corrected chi connectivity index (χ2v) is 10.2. The van der Waals surface area contributed by atoms with E-state index in [0.717, 1.165) is 25.1 Å². The number of halogens is 6. The van der Waals surface area contributed by atoms with Crippen LogP contribution in [-0.4, -0.2) is 58.7 Å². The van der Waals surface area contributed by atoms with Crippen LogP contribution in [0.4, 0.5) is 37.0 Å². The minimum absolute atomic E-state index is 0.00317. The van der Waals surface area contributed by atoms with Gasteiger partial charge < -0.3 is 14.7 Å². The molecule has 1 aromatic heterocycles. The molecule has 1 aromatic rings. The molecule has 6 nitrogen and oxygen atoms in total. The summed E-state index contributed by atoms with van der Waals surface area (Å²) in [5, 5.41) is 10.4. The van der Waals surface area contributed by atoms with Gasteiger partial charge >= 0.3 is 18.4 Å². The third-order valence-corrected chi connectivity index (χ3v) is 7.20. The fourth-order valence-corrected chi connectivity index (χ4v) is 4.85. The average molecular weight is 600 g/mol. The summed E-state index contributed by atoms with van der Waals surface area (Å²) in [7, 11) is 0. The summed E-state index contributed by atoms with van der Waals surface area (Å²) in [5.41, 5.74) is 0.701. The van der Waals surface area contributed by atoms with Crippen LogP contribution in [0.2, 0.25) is 0 Å². The second-order valence-electron chi connectivity index (χ2n) is 10.2. The first-order valence-corrected chi connectivity index (χ1v) is 13.6. The highest BCUT2D eigenvalue weighted by Gasteiger charge is 2.42. The number of rotatable bonds is 10. The molecular formula is C30H35F6N3O3. The number of ether oxygens (including phenoxy) is 1.